The van der Waals surface area contributed by atoms with E-state index < -0.39 is 0 Å². The van der Waals surface area contributed by atoms with Crippen LogP contribution in [-0.4, -0.2) is 0 Å². The van der Waals surface area contributed by atoms with Gasteiger partial charge in [0, 0.05) is 22.2 Å². The molecule has 0 spiro atoms. The van der Waals surface area contributed by atoms with Gasteiger partial charge in [-0.3, -0.25) is 0 Å². The Kier molecular flexibility index (Phi) is 3.67. The summed E-state index contributed by atoms with van der Waals surface area (Å²) >= 11 is 11.8. The summed E-state index contributed by atoms with van der Waals surface area (Å²) in [6.45, 7) is 0.161. The number of hydrogen-bond acceptors (Lipinski definition) is 1. The van der Waals surface area contributed by atoms with Gasteiger partial charge in [0.25, 0.3) is 0 Å². The van der Waals surface area contributed by atoms with Crippen LogP contribution in [-0.2, 0) is 6.54 Å². The molecule has 0 atom stereocenters. The molecule has 2 rings (SSSR count). The average molecular weight is 270 g/mol. The third-order valence-electron chi connectivity index (χ3n) is 2.46. The van der Waals surface area contributed by atoms with Gasteiger partial charge in [-0.1, -0.05) is 29.3 Å². The molecule has 0 unspecified atom stereocenters. The minimum atomic E-state index is -0.302. The van der Waals surface area contributed by atoms with Crippen molar-refractivity contribution in [3.8, 4) is 11.1 Å². The van der Waals surface area contributed by atoms with Crippen molar-refractivity contribution in [2.75, 3.05) is 0 Å². The van der Waals surface area contributed by atoms with Crippen LogP contribution in [0.3, 0.4) is 0 Å². The molecule has 0 radical (unpaired) electrons. The molecule has 0 aliphatic heterocycles. The van der Waals surface area contributed by atoms with Gasteiger partial charge >= 0.3 is 0 Å². The fourth-order valence-corrected chi connectivity index (χ4v) is 2.16. The van der Waals surface area contributed by atoms with Gasteiger partial charge in [-0.2, -0.15) is 0 Å². The van der Waals surface area contributed by atoms with E-state index in [9.17, 15) is 4.39 Å². The van der Waals surface area contributed by atoms with Crippen molar-refractivity contribution in [1.82, 2.24) is 0 Å². The number of halogens is 3. The van der Waals surface area contributed by atoms with E-state index in [0.717, 1.165) is 11.1 Å². The van der Waals surface area contributed by atoms with Gasteiger partial charge in [0.2, 0.25) is 0 Å². The number of nitrogens with two attached hydrogens (primary N) is 1. The lowest BCUT2D eigenvalue weighted by molar-refractivity contribution is 0.611. The van der Waals surface area contributed by atoms with Crippen LogP contribution < -0.4 is 5.73 Å². The van der Waals surface area contributed by atoms with E-state index in [4.69, 9.17) is 28.9 Å². The quantitative estimate of drug-likeness (QED) is 0.866. The fraction of sp³-hybridized carbons (Fsp3) is 0.0769. The summed E-state index contributed by atoms with van der Waals surface area (Å²) in [5, 5.41) is 1.09. The molecule has 4 heteroatoms. The van der Waals surface area contributed by atoms with Crippen LogP contribution in [0.5, 0.6) is 0 Å². The maximum absolute atomic E-state index is 13.3. The van der Waals surface area contributed by atoms with E-state index in [1.807, 2.05) is 0 Å². The highest BCUT2D eigenvalue weighted by Crippen LogP contribution is 2.28. The molecule has 0 saturated carbocycles. The topological polar surface area (TPSA) is 26.0 Å². The molecule has 2 aromatic rings. The third kappa shape index (κ3) is 2.78. The van der Waals surface area contributed by atoms with Crippen LogP contribution in [0.15, 0.2) is 36.4 Å². The van der Waals surface area contributed by atoms with Gasteiger partial charge in [-0.15, -0.1) is 0 Å². The molecule has 0 saturated heterocycles. The van der Waals surface area contributed by atoms with E-state index in [0.29, 0.717) is 15.6 Å². The first-order chi connectivity index (χ1) is 8.10. The minimum absolute atomic E-state index is 0.161. The molecular formula is C13H10Cl2FN. The van der Waals surface area contributed by atoms with Crippen LogP contribution in [0.2, 0.25) is 10.0 Å². The van der Waals surface area contributed by atoms with Crippen LogP contribution in [0, 0.1) is 5.82 Å². The minimum Gasteiger partial charge on any atom is -0.326 e. The van der Waals surface area contributed by atoms with Crippen molar-refractivity contribution in [2.45, 2.75) is 6.54 Å². The van der Waals surface area contributed by atoms with E-state index >= 15 is 0 Å². The van der Waals surface area contributed by atoms with E-state index in [2.05, 4.69) is 0 Å². The zero-order valence-electron chi connectivity index (χ0n) is 8.88. The van der Waals surface area contributed by atoms with Crippen molar-refractivity contribution in [2.24, 2.45) is 5.73 Å². The molecule has 0 amide bonds. The van der Waals surface area contributed by atoms with Gasteiger partial charge in [0.1, 0.15) is 5.82 Å². The number of benzene rings is 2. The van der Waals surface area contributed by atoms with Crippen LogP contribution in [0.25, 0.3) is 11.1 Å². The van der Waals surface area contributed by atoms with Crippen molar-refractivity contribution in [3.63, 3.8) is 0 Å². The summed E-state index contributed by atoms with van der Waals surface area (Å²) in [4.78, 5) is 0. The van der Waals surface area contributed by atoms with Crippen LogP contribution in [0.1, 0.15) is 5.56 Å². The van der Waals surface area contributed by atoms with Crippen LogP contribution in [0.4, 0.5) is 4.39 Å². The molecule has 2 aromatic carbocycles. The second-order valence-electron chi connectivity index (χ2n) is 3.67. The Balaban J connectivity index is 2.52. The molecule has 0 aromatic heterocycles. The molecule has 0 aliphatic carbocycles. The van der Waals surface area contributed by atoms with Crippen molar-refractivity contribution >= 4 is 23.2 Å². The van der Waals surface area contributed by atoms with Crippen molar-refractivity contribution in [3.05, 3.63) is 57.8 Å². The smallest absolute Gasteiger partial charge is 0.127 e. The first-order valence-corrected chi connectivity index (χ1v) is 5.80. The molecule has 0 fully saturated rings. The summed E-state index contributed by atoms with van der Waals surface area (Å²) in [5.41, 5.74) is 7.62. The molecule has 1 nitrogen and oxygen atoms in total. The molecule has 0 aliphatic rings. The summed E-state index contributed by atoms with van der Waals surface area (Å²) < 4.78 is 13.3. The summed E-state index contributed by atoms with van der Waals surface area (Å²) in [6.07, 6.45) is 0. The Morgan fingerprint density at radius 2 is 1.59 bits per heavy atom. The summed E-state index contributed by atoms with van der Waals surface area (Å²) in [5.74, 6) is -0.302. The zero-order valence-corrected chi connectivity index (χ0v) is 10.4. The number of rotatable bonds is 2. The lowest BCUT2D eigenvalue weighted by Crippen LogP contribution is -1.99. The van der Waals surface area contributed by atoms with E-state index in [1.165, 1.54) is 6.07 Å². The van der Waals surface area contributed by atoms with Crippen molar-refractivity contribution in [1.29, 1.82) is 0 Å². The summed E-state index contributed by atoms with van der Waals surface area (Å²) in [6, 6.07) is 9.99. The Hall–Kier alpha value is -1.09. The van der Waals surface area contributed by atoms with Crippen LogP contribution >= 0.6 is 23.2 Å². The number of hydrogen-bond donors (Lipinski definition) is 1. The zero-order chi connectivity index (χ0) is 12.4. The van der Waals surface area contributed by atoms with Gasteiger partial charge in [0.15, 0.2) is 0 Å². The van der Waals surface area contributed by atoms with Gasteiger partial charge in [-0.05, 0) is 41.5 Å². The average Bonchev–Trinajstić information content (AvgIpc) is 2.28. The predicted octanol–water partition coefficient (Wildman–Crippen LogP) is 4.26. The van der Waals surface area contributed by atoms with Crippen molar-refractivity contribution < 1.29 is 4.39 Å². The van der Waals surface area contributed by atoms with E-state index in [1.54, 1.807) is 30.3 Å². The predicted molar refractivity (Wildman–Crippen MR) is 69.7 cm³/mol. The Morgan fingerprint density at radius 3 is 2.18 bits per heavy atom. The highest BCUT2D eigenvalue weighted by Gasteiger charge is 2.05. The maximum Gasteiger partial charge on any atom is 0.127 e. The Labute approximate surface area is 109 Å². The lowest BCUT2D eigenvalue weighted by Gasteiger charge is -2.06. The summed E-state index contributed by atoms with van der Waals surface area (Å²) in [7, 11) is 0. The van der Waals surface area contributed by atoms with Gasteiger partial charge < -0.3 is 5.73 Å². The SMILES string of the molecule is NCc1cc(-c2cc(Cl)cc(Cl)c2)ccc1F. The third-order valence-corrected chi connectivity index (χ3v) is 2.90. The first-order valence-electron chi connectivity index (χ1n) is 5.05. The molecule has 2 N–H and O–H groups in total. The molecular weight excluding hydrogens is 260 g/mol. The Bertz CT molecular complexity index is 535. The molecule has 0 bridgehead atoms. The Morgan fingerprint density at radius 1 is 0.941 bits per heavy atom. The van der Waals surface area contributed by atoms with Gasteiger partial charge in [-0.25, -0.2) is 4.39 Å². The van der Waals surface area contributed by atoms with Gasteiger partial charge in [0.05, 0.1) is 0 Å². The highest BCUT2D eigenvalue weighted by molar-refractivity contribution is 6.35. The second kappa shape index (κ2) is 5.05. The fourth-order valence-electron chi connectivity index (χ4n) is 1.63. The highest BCUT2D eigenvalue weighted by atomic mass is 35.5. The van der Waals surface area contributed by atoms with E-state index in [-0.39, 0.29) is 12.4 Å². The molecule has 17 heavy (non-hydrogen) atoms. The standard InChI is InChI=1S/C13H10Cl2FN/c14-11-4-9(5-12(15)6-11)8-1-2-13(16)10(3-8)7-17/h1-6H,7,17H2. The second-order valence-corrected chi connectivity index (χ2v) is 4.54. The monoisotopic (exact) mass is 269 g/mol. The molecule has 88 valence electrons. The molecule has 0 heterocycles. The first kappa shape index (κ1) is 12.4. The maximum atomic E-state index is 13.3. The normalized spacial score (nSPS) is 10.6. The largest absolute Gasteiger partial charge is 0.326 e. The lowest BCUT2D eigenvalue weighted by atomic mass is 10.0.